The van der Waals surface area contributed by atoms with Gasteiger partial charge in [0.25, 0.3) is 0 Å². The summed E-state index contributed by atoms with van der Waals surface area (Å²) in [6.07, 6.45) is 6.10. The number of aliphatic hydroxyl groups excluding tert-OH is 2. The smallest absolute Gasteiger partial charge is 0.161 e. The van der Waals surface area contributed by atoms with E-state index in [1.807, 2.05) is 0 Å². The maximum Gasteiger partial charge on any atom is 0.161 e. The van der Waals surface area contributed by atoms with E-state index in [-0.39, 0.29) is 24.6 Å². The average molecular weight is 240 g/mol. The molecule has 0 radical (unpaired) electrons. The van der Waals surface area contributed by atoms with Gasteiger partial charge >= 0.3 is 0 Å². The van der Waals surface area contributed by atoms with Crippen LogP contribution in [-0.4, -0.2) is 34.5 Å². The molecule has 1 atom stereocenters. The molecule has 1 aliphatic rings. The normalized spacial score (nSPS) is 19.5. The van der Waals surface area contributed by atoms with Gasteiger partial charge in [-0.05, 0) is 30.9 Å². The maximum absolute atomic E-state index is 11.3. The number of carbonyl (C=O) groups is 2. The van der Waals surface area contributed by atoms with E-state index in [4.69, 9.17) is 5.11 Å². The largest absolute Gasteiger partial charge is 0.389 e. The number of Topliss-reactive ketones (excluding diaryl/α,β-unsaturated/α-hetero) is 2. The fraction of sp³-hybridized carbons (Fsp3) is 0.692. The van der Waals surface area contributed by atoms with Crippen LogP contribution in [0.5, 0.6) is 0 Å². The van der Waals surface area contributed by atoms with Gasteiger partial charge in [-0.15, -0.1) is 0 Å². The lowest BCUT2D eigenvalue weighted by Crippen LogP contribution is -2.02. The molecule has 0 saturated carbocycles. The third-order valence-electron chi connectivity index (χ3n) is 2.97. The zero-order chi connectivity index (χ0) is 12.7. The van der Waals surface area contributed by atoms with Crippen molar-refractivity contribution in [2.24, 2.45) is 0 Å². The molecule has 4 nitrogen and oxygen atoms in total. The van der Waals surface area contributed by atoms with E-state index in [1.165, 1.54) is 0 Å². The third kappa shape index (κ3) is 5.24. The van der Waals surface area contributed by atoms with Crippen molar-refractivity contribution in [3.8, 4) is 0 Å². The molecule has 0 aliphatic heterocycles. The van der Waals surface area contributed by atoms with Crippen LogP contribution in [0.2, 0.25) is 0 Å². The highest BCUT2D eigenvalue weighted by Crippen LogP contribution is 2.20. The number of aliphatic hydroxyl groups is 2. The zero-order valence-electron chi connectivity index (χ0n) is 10.0. The number of hydrogen-bond donors (Lipinski definition) is 2. The Kier molecular flexibility index (Phi) is 6.08. The highest BCUT2D eigenvalue weighted by molar-refractivity contribution is 5.98. The first-order valence-corrected chi connectivity index (χ1v) is 6.18. The Labute approximate surface area is 101 Å². The van der Waals surface area contributed by atoms with Crippen LogP contribution in [0.4, 0.5) is 0 Å². The van der Waals surface area contributed by atoms with Crippen LogP contribution in [-0.2, 0) is 9.59 Å². The summed E-state index contributed by atoms with van der Waals surface area (Å²) in [4.78, 5) is 22.1. The van der Waals surface area contributed by atoms with Crippen LogP contribution in [0.25, 0.3) is 0 Å². The van der Waals surface area contributed by atoms with Crippen molar-refractivity contribution in [2.75, 3.05) is 6.61 Å². The van der Waals surface area contributed by atoms with Gasteiger partial charge in [-0.1, -0.05) is 12.8 Å². The number of carbonyl (C=O) groups excluding carboxylic acids is 2. The fourth-order valence-electron chi connectivity index (χ4n) is 2.00. The fourth-order valence-corrected chi connectivity index (χ4v) is 2.00. The first-order valence-electron chi connectivity index (χ1n) is 6.18. The number of allylic oxidation sites excluding steroid dienone is 1. The van der Waals surface area contributed by atoms with E-state index >= 15 is 0 Å². The highest BCUT2D eigenvalue weighted by atomic mass is 16.3. The van der Waals surface area contributed by atoms with E-state index in [1.54, 1.807) is 6.08 Å². The second-order valence-corrected chi connectivity index (χ2v) is 4.50. The summed E-state index contributed by atoms with van der Waals surface area (Å²) >= 11 is 0. The SMILES string of the molecule is O=C(CO)CCCCCCC1=C[C@H](O)CC1=O. The Balaban J connectivity index is 2.03. The topological polar surface area (TPSA) is 74.6 Å². The highest BCUT2D eigenvalue weighted by Gasteiger charge is 2.21. The van der Waals surface area contributed by atoms with Crippen LogP contribution in [0, 0.1) is 0 Å². The van der Waals surface area contributed by atoms with Crippen molar-refractivity contribution in [3.05, 3.63) is 11.6 Å². The Bertz CT molecular complexity index is 307. The van der Waals surface area contributed by atoms with Crippen molar-refractivity contribution in [1.82, 2.24) is 0 Å². The molecule has 0 spiro atoms. The predicted octanol–water partition coefficient (Wildman–Crippen LogP) is 1.15. The van der Waals surface area contributed by atoms with Crippen LogP contribution >= 0.6 is 0 Å². The lowest BCUT2D eigenvalue weighted by atomic mass is 10.0. The first kappa shape index (κ1) is 14.1. The molecular formula is C13H20O4. The van der Waals surface area contributed by atoms with Gasteiger partial charge in [0.1, 0.15) is 6.61 Å². The van der Waals surface area contributed by atoms with E-state index in [0.717, 1.165) is 37.7 Å². The molecular weight excluding hydrogens is 220 g/mol. The van der Waals surface area contributed by atoms with Crippen molar-refractivity contribution >= 4 is 11.6 Å². The number of ketones is 2. The zero-order valence-corrected chi connectivity index (χ0v) is 10.0. The van der Waals surface area contributed by atoms with Gasteiger partial charge in [0.15, 0.2) is 11.6 Å². The minimum absolute atomic E-state index is 0.0629. The summed E-state index contributed by atoms with van der Waals surface area (Å²) in [6, 6.07) is 0. The maximum atomic E-state index is 11.3. The molecule has 0 bridgehead atoms. The minimum atomic E-state index is -0.584. The second kappa shape index (κ2) is 7.35. The summed E-state index contributed by atoms with van der Waals surface area (Å²) in [5, 5.41) is 17.8. The van der Waals surface area contributed by atoms with Crippen molar-refractivity contribution in [3.63, 3.8) is 0 Å². The molecule has 4 heteroatoms. The summed E-state index contributed by atoms with van der Waals surface area (Å²) in [7, 11) is 0. The predicted molar refractivity (Wildman–Crippen MR) is 63.5 cm³/mol. The standard InChI is InChI=1S/C13H20O4/c14-9-11(15)6-4-2-1-3-5-10-7-12(16)8-13(10)17/h7,12,14,16H,1-6,8-9H2/t12-/m0/s1. The van der Waals surface area contributed by atoms with E-state index in [9.17, 15) is 14.7 Å². The molecule has 0 fully saturated rings. The van der Waals surface area contributed by atoms with Crippen molar-refractivity contribution in [2.45, 2.75) is 51.0 Å². The number of unbranched alkanes of at least 4 members (excludes halogenated alkanes) is 3. The molecule has 2 N–H and O–H groups in total. The van der Waals surface area contributed by atoms with E-state index in [0.29, 0.717) is 6.42 Å². The quantitative estimate of drug-likeness (QED) is 0.624. The van der Waals surface area contributed by atoms with Gasteiger partial charge in [-0.3, -0.25) is 9.59 Å². The van der Waals surface area contributed by atoms with Gasteiger partial charge < -0.3 is 10.2 Å². The molecule has 96 valence electrons. The molecule has 0 aromatic carbocycles. The molecule has 1 aliphatic carbocycles. The lowest BCUT2D eigenvalue weighted by molar-refractivity contribution is -0.121. The molecule has 0 saturated heterocycles. The Morgan fingerprint density at radius 1 is 1.29 bits per heavy atom. The van der Waals surface area contributed by atoms with Gasteiger partial charge in [0, 0.05) is 12.8 Å². The summed E-state index contributed by atoms with van der Waals surface area (Å²) < 4.78 is 0. The molecule has 0 aromatic heterocycles. The molecule has 0 heterocycles. The monoisotopic (exact) mass is 240 g/mol. The summed E-state index contributed by atoms with van der Waals surface area (Å²) in [5.74, 6) is -0.0465. The second-order valence-electron chi connectivity index (χ2n) is 4.50. The Morgan fingerprint density at radius 3 is 2.59 bits per heavy atom. The minimum Gasteiger partial charge on any atom is -0.389 e. The molecule has 17 heavy (non-hydrogen) atoms. The van der Waals surface area contributed by atoms with Crippen LogP contribution in [0.1, 0.15) is 44.9 Å². The third-order valence-corrected chi connectivity index (χ3v) is 2.97. The number of hydrogen-bond acceptors (Lipinski definition) is 4. The Hall–Kier alpha value is -1.00. The van der Waals surface area contributed by atoms with Crippen molar-refractivity contribution < 1.29 is 19.8 Å². The van der Waals surface area contributed by atoms with Crippen LogP contribution < -0.4 is 0 Å². The molecule has 0 aromatic rings. The summed E-state index contributed by atoms with van der Waals surface area (Å²) in [5.41, 5.74) is 0.754. The van der Waals surface area contributed by atoms with E-state index < -0.39 is 6.10 Å². The first-order chi connectivity index (χ1) is 8.13. The van der Waals surface area contributed by atoms with E-state index in [2.05, 4.69) is 0 Å². The molecule has 0 amide bonds. The molecule has 0 unspecified atom stereocenters. The van der Waals surface area contributed by atoms with Crippen LogP contribution in [0.3, 0.4) is 0 Å². The van der Waals surface area contributed by atoms with Crippen molar-refractivity contribution in [1.29, 1.82) is 0 Å². The number of rotatable bonds is 8. The lowest BCUT2D eigenvalue weighted by Gasteiger charge is -2.01. The van der Waals surface area contributed by atoms with Gasteiger partial charge in [0.05, 0.1) is 6.10 Å². The summed E-state index contributed by atoms with van der Waals surface area (Å²) in [6.45, 7) is -0.362. The van der Waals surface area contributed by atoms with Gasteiger partial charge in [0.2, 0.25) is 0 Å². The Morgan fingerprint density at radius 2 is 2.00 bits per heavy atom. The van der Waals surface area contributed by atoms with Gasteiger partial charge in [-0.2, -0.15) is 0 Å². The average Bonchev–Trinajstić information content (AvgIpc) is 2.62. The molecule has 1 rings (SSSR count). The van der Waals surface area contributed by atoms with Crippen LogP contribution in [0.15, 0.2) is 11.6 Å². The van der Waals surface area contributed by atoms with Gasteiger partial charge in [-0.25, -0.2) is 0 Å².